The molecule has 1 aliphatic rings. The average molecular weight is 252 g/mol. The van der Waals surface area contributed by atoms with Crippen LogP contribution >= 0.6 is 0 Å². The van der Waals surface area contributed by atoms with Gasteiger partial charge >= 0.3 is 0 Å². The van der Waals surface area contributed by atoms with Crippen LogP contribution in [0, 0.1) is 0 Å². The summed E-state index contributed by atoms with van der Waals surface area (Å²) in [6.07, 6.45) is 2.03. The van der Waals surface area contributed by atoms with Crippen molar-refractivity contribution < 1.29 is 9.53 Å². The number of anilines is 1. The number of morpholine rings is 1. The van der Waals surface area contributed by atoms with E-state index >= 15 is 0 Å². The van der Waals surface area contributed by atoms with Gasteiger partial charge in [-0.05, 0) is 13.8 Å². The van der Waals surface area contributed by atoms with Gasteiger partial charge in [-0.2, -0.15) is 5.10 Å². The van der Waals surface area contributed by atoms with E-state index in [2.05, 4.69) is 15.7 Å². The van der Waals surface area contributed by atoms with Crippen LogP contribution < -0.4 is 10.6 Å². The van der Waals surface area contributed by atoms with Gasteiger partial charge in [0.1, 0.15) is 5.82 Å². The number of nitrogens with zero attached hydrogens (tertiary/aromatic N) is 2. The van der Waals surface area contributed by atoms with Crippen molar-refractivity contribution in [3.8, 4) is 0 Å². The molecule has 1 aliphatic heterocycles. The van der Waals surface area contributed by atoms with E-state index in [1.165, 1.54) is 0 Å². The monoisotopic (exact) mass is 252 g/mol. The topological polar surface area (TPSA) is 68.2 Å². The zero-order valence-electron chi connectivity index (χ0n) is 10.8. The van der Waals surface area contributed by atoms with Crippen LogP contribution in [0.5, 0.6) is 0 Å². The highest BCUT2D eigenvalue weighted by Crippen LogP contribution is 2.13. The lowest BCUT2D eigenvalue weighted by molar-refractivity contribution is -0.119. The molecule has 1 unspecified atom stereocenters. The molecule has 1 fully saturated rings. The molecular weight excluding hydrogens is 232 g/mol. The second kappa shape index (κ2) is 5.97. The fourth-order valence-corrected chi connectivity index (χ4v) is 1.98. The van der Waals surface area contributed by atoms with Crippen molar-refractivity contribution in [3.63, 3.8) is 0 Å². The molecule has 1 aromatic rings. The Morgan fingerprint density at radius 1 is 1.72 bits per heavy atom. The van der Waals surface area contributed by atoms with Gasteiger partial charge in [0, 0.05) is 25.2 Å². The van der Waals surface area contributed by atoms with E-state index in [1.54, 1.807) is 16.9 Å². The van der Waals surface area contributed by atoms with E-state index < -0.39 is 0 Å². The molecule has 1 atom stereocenters. The summed E-state index contributed by atoms with van der Waals surface area (Å²) < 4.78 is 7.29. The molecule has 0 radical (unpaired) electrons. The first kappa shape index (κ1) is 13.0. The van der Waals surface area contributed by atoms with E-state index in [0.717, 1.165) is 18.9 Å². The van der Waals surface area contributed by atoms with Gasteiger partial charge < -0.3 is 15.4 Å². The van der Waals surface area contributed by atoms with Crippen molar-refractivity contribution in [2.75, 3.05) is 25.0 Å². The predicted molar refractivity (Wildman–Crippen MR) is 68.5 cm³/mol. The largest absolute Gasteiger partial charge is 0.375 e. The molecule has 18 heavy (non-hydrogen) atoms. The average Bonchev–Trinajstić information content (AvgIpc) is 2.78. The number of aromatic nitrogens is 2. The number of hydrogen-bond acceptors (Lipinski definition) is 4. The molecule has 2 rings (SSSR count). The Bertz CT molecular complexity index is 397. The van der Waals surface area contributed by atoms with Crippen LogP contribution in [0.2, 0.25) is 0 Å². The maximum atomic E-state index is 11.9. The standard InChI is InChI=1S/C12H20N4O2/c1-9(2)16-11(3-4-14-16)15-12(17)7-10-8-13-5-6-18-10/h3-4,9-10,13H,5-8H2,1-2H3,(H,15,17). The van der Waals surface area contributed by atoms with Crippen molar-refractivity contribution >= 4 is 11.7 Å². The van der Waals surface area contributed by atoms with Crippen LogP contribution in [-0.4, -0.2) is 41.5 Å². The molecule has 100 valence electrons. The summed E-state index contributed by atoms with van der Waals surface area (Å²) in [5.41, 5.74) is 0. The lowest BCUT2D eigenvalue weighted by atomic mass is 10.2. The molecule has 1 amide bonds. The normalized spacial score (nSPS) is 20.1. The fraction of sp³-hybridized carbons (Fsp3) is 0.667. The Balaban J connectivity index is 1.88. The molecule has 0 spiro atoms. The van der Waals surface area contributed by atoms with E-state index in [4.69, 9.17) is 4.74 Å². The Morgan fingerprint density at radius 3 is 3.22 bits per heavy atom. The molecule has 0 aliphatic carbocycles. The first-order chi connectivity index (χ1) is 8.66. The smallest absolute Gasteiger partial charge is 0.228 e. The molecule has 6 nitrogen and oxygen atoms in total. The number of rotatable bonds is 4. The first-order valence-electron chi connectivity index (χ1n) is 6.32. The molecular formula is C12H20N4O2. The number of ether oxygens (including phenoxy) is 1. The van der Waals surface area contributed by atoms with E-state index in [1.807, 2.05) is 13.8 Å². The summed E-state index contributed by atoms with van der Waals surface area (Å²) >= 11 is 0. The van der Waals surface area contributed by atoms with E-state index in [-0.39, 0.29) is 18.1 Å². The summed E-state index contributed by atoms with van der Waals surface area (Å²) in [5, 5.41) is 10.3. The molecule has 2 N–H and O–H groups in total. The lowest BCUT2D eigenvalue weighted by Gasteiger charge is -2.23. The molecule has 0 aromatic carbocycles. The molecule has 1 aromatic heterocycles. The van der Waals surface area contributed by atoms with Crippen molar-refractivity contribution in [2.45, 2.75) is 32.4 Å². The van der Waals surface area contributed by atoms with Gasteiger partial charge in [0.05, 0.1) is 25.3 Å². The second-order valence-electron chi connectivity index (χ2n) is 4.70. The Labute approximate surface area is 107 Å². The summed E-state index contributed by atoms with van der Waals surface area (Å²) in [4.78, 5) is 11.9. The minimum atomic E-state index is -0.0360. The zero-order chi connectivity index (χ0) is 13.0. The van der Waals surface area contributed by atoms with Crippen LogP contribution in [0.15, 0.2) is 12.3 Å². The number of nitrogens with one attached hydrogen (secondary N) is 2. The van der Waals surface area contributed by atoms with Crippen molar-refractivity contribution in [1.29, 1.82) is 0 Å². The Morgan fingerprint density at radius 2 is 2.56 bits per heavy atom. The third-order valence-corrected chi connectivity index (χ3v) is 2.84. The number of hydrogen-bond donors (Lipinski definition) is 2. The van der Waals surface area contributed by atoms with Crippen LogP contribution in [-0.2, 0) is 9.53 Å². The number of amides is 1. The first-order valence-corrected chi connectivity index (χ1v) is 6.32. The maximum absolute atomic E-state index is 11.9. The number of carbonyl (C=O) groups is 1. The highest BCUT2D eigenvalue weighted by Gasteiger charge is 2.18. The summed E-state index contributed by atoms with van der Waals surface area (Å²) in [6.45, 7) is 6.31. The highest BCUT2D eigenvalue weighted by molar-refractivity contribution is 5.90. The summed E-state index contributed by atoms with van der Waals surface area (Å²) in [6, 6.07) is 2.03. The molecule has 0 saturated carbocycles. The lowest BCUT2D eigenvalue weighted by Crippen LogP contribution is -2.40. The molecule has 1 saturated heterocycles. The van der Waals surface area contributed by atoms with E-state index in [9.17, 15) is 4.79 Å². The van der Waals surface area contributed by atoms with Crippen LogP contribution in [0.3, 0.4) is 0 Å². The summed E-state index contributed by atoms with van der Waals surface area (Å²) in [5.74, 6) is 0.699. The predicted octanol–water partition coefficient (Wildman–Crippen LogP) is 0.781. The fourth-order valence-electron chi connectivity index (χ4n) is 1.98. The van der Waals surface area contributed by atoms with Gasteiger partial charge in [-0.1, -0.05) is 0 Å². The minimum Gasteiger partial charge on any atom is -0.375 e. The van der Waals surface area contributed by atoms with Gasteiger partial charge in [-0.15, -0.1) is 0 Å². The van der Waals surface area contributed by atoms with Crippen LogP contribution in [0.25, 0.3) is 0 Å². The second-order valence-corrected chi connectivity index (χ2v) is 4.70. The van der Waals surface area contributed by atoms with Crippen molar-refractivity contribution in [2.24, 2.45) is 0 Å². The summed E-state index contributed by atoms with van der Waals surface area (Å²) in [7, 11) is 0. The van der Waals surface area contributed by atoms with Crippen LogP contribution in [0.4, 0.5) is 5.82 Å². The van der Waals surface area contributed by atoms with Gasteiger partial charge in [0.2, 0.25) is 5.91 Å². The third-order valence-electron chi connectivity index (χ3n) is 2.84. The molecule has 2 heterocycles. The van der Waals surface area contributed by atoms with E-state index in [0.29, 0.717) is 13.0 Å². The highest BCUT2D eigenvalue weighted by atomic mass is 16.5. The minimum absolute atomic E-state index is 0.0332. The molecule has 0 bridgehead atoms. The maximum Gasteiger partial charge on any atom is 0.228 e. The van der Waals surface area contributed by atoms with Gasteiger partial charge in [0.25, 0.3) is 0 Å². The van der Waals surface area contributed by atoms with Gasteiger partial charge in [-0.25, -0.2) is 4.68 Å². The SMILES string of the molecule is CC(C)n1nccc1NC(=O)CC1CNCCO1. The van der Waals surface area contributed by atoms with Gasteiger partial charge in [0.15, 0.2) is 0 Å². The Kier molecular flexibility index (Phi) is 4.33. The quantitative estimate of drug-likeness (QED) is 0.831. The van der Waals surface area contributed by atoms with Crippen molar-refractivity contribution in [3.05, 3.63) is 12.3 Å². The number of carbonyl (C=O) groups excluding carboxylic acids is 1. The Hall–Kier alpha value is -1.40. The molecule has 6 heteroatoms. The van der Waals surface area contributed by atoms with Gasteiger partial charge in [-0.3, -0.25) is 4.79 Å². The third kappa shape index (κ3) is 3.30. The zero-order valence-corrected chi connectivity index (χ0v) is 10.8. The van der Waals surface area contributed by atoms with Crippen molar-refractivity contribution in [1.82, 2.24) is 15.1 Å². The van der Waals surface area contributed by atoms with Crippen LogP contribution in [0.1, 0.15) is 26.3 Å².